The number of aromatic nitrogens is 2. The van der Waals surface area contributed by atoms with Crippen molar-refractivity contribution < 1.29 is 9.13 Å². The topological polar surface area (TPSA) is 99.1 Å². The van der Waals surface area contributed by atoms with E-state index in [1.165, 1.54) is 12.1 Å². The molecule has 0 aliphatic heterocycles. The Hall–Kier alpha value is -2.41. The molecule has 0 saturated carbocycles. The first-order valence-corrected chi connectivity index (χ1v) is 5.16. The van der Waals surface area contributed by atoms with Gasteiger partial charge in [0.25, 0.3) is 0 Å². The van der Waals surface area contributed by atoms with Crippen molar-refractivity contribution in [2.75, 3.05) is 11.2 Å². The number of nitrogens with zero attached hydrogens (tertiary/aromatic N) is 2. The molecule has 1 aromatic heterocycles. The van der Waals surface area contributed by atoms with E-state index in [0.717, 1.165) is 0 Å². The Bertz CT molecular complexity index is 549. The molecule has 0 bridgehead atoms. The lowest BCUT2D eigenvalue weighted by Gasteiger charge is -2.08. The summed E-state index contributed by atoms with van der Waals surface area (Å²) in [5, 5.41) is 0. The van der Waals surface area contributed by atoms with Crippen molar-refractivity contribution in [2.45, 2.75) is 6.61 Å². The van der Waals surface area contributed by atoms with Gasteiger partial charge in [-0.05, 0) is 6.07 Å². The fourth-order valence-electron chi connectivity index (χ4n) is 1.36. The van der Waals surface area contributed by atoms with E-state index < -0.39 is 0 Å². The van der Waals surface area contributed by atoms with Crippen LogP contribution >= 0.6 is 0 Å². The number of nitrogen functional groups attached to an aromatic ring is 2. The highest BCUT2D eigenvalue weighted by Crippen LogP contribution is 2.16. The van der Waals surface area contributed by atoms with Gasteiger partial charge in [0.15, 0.2) is 0 Å². The minimum Gasteiger partial charge on any atom is -0.473 e. The summed E-state index contributed by atoms with van der Waals surface area (Å²) in [5.41, 5.74) is 8.22. The van der Waals surface area contributed by atoms with Crippen LogP contribution in [-0.2, 0) is 6.61 Å². The maximum atomic E-state index is 13.3. The minimum absolute atomic E-state index is 0.0222. The number of halogens is 1. The van der Waals surface area contributed by atoms with Crippen molar-refractivity contribution in [1.29, 1.82) is 0 Å². The molecule has 5 N–H and O–H groups in total. The first-order chi connectivity index (χ1) is 8.69. The molecule has 94 valence electrons. The molecular formula is C11H12FN5O. The smallest absolute Gasteiger partial charge is 0.225 e. The maximum Gasteiger partial charge on any atom is 0.225 e. The van der Waals surface area contributed by atoms with Gasteiger partial charge < -0.3 is 15.9 Å². The van der Waals surface area contributed by atoms with Gasteiger partial charge in [-0.25, -0.2) is 10.2 Å². The molecule has 18 heavy (non-hydrogen) atoms. The van der Waals surface area contributed by atoms with Crippen molar-refractivity contribution in [3.8, 4) is 5.88 Å². The molecular weight excluding hydrogens is 237 g/mol. The monoisotopic (exact) mass is 249 g/mol. The van der Waals surface area contributed by atoms with Crippen LogP contribution in [0.25, 0.3) is 0 Å². The average Bonchev–Trinajstić information content (AvgIpc) is 2.37. The van der Waals surface area contributed by atoms with Crippen LogP contribution in [0.3, 0.4) is 0 Å². The molecule has 1 aromatic carbocycles. The molecule has 6 nitrogen and oxygen atoms in total. The molecule has 0 radical (unpaired) electrons. The van der Waals surface area contributed by atoms with Gasteiger partial charge in [0.1, 0.15) is 18.2 Å². The fourth-order valence-corrected chi connectivity index (χ4v) is 1.36. The van der Waals surface area contributed by atoms with Crippen LogP contribution in [0, 0.1) is 5.82 Å². The molecule has 0 spiro atoms. The largest absolute Gasteiger partial charge is 0.473 e. The quantitative estimate of drug-likeness (QED) is 0.553. The van der Waals surface area contributed by atoms with Crippen LogP contribution < -0.4 is 21.7 Å². The van der Waals surface area contributed by atoms with Crippen LogP contribution in [0.15, 0.2) is 30.3 Å². The maximum absolute atomic E-state index is 13.3. The van der Waals surface area contributed by atoms with E-state index >= 15 is 0 Å². The van der Waals surface area contributed by atoms with Gasteiger partial charge in [-0.15, -0.1) is 0 Å². The molecule has 0 saturated heterocycles. The van der Waals surface area contributed by atoms with Crippen LogP contribution in [0.1, 0.15) is 5.56 Å². The first kappa shape index (κ1) is 12.1. The lowest BCUT2D eigenvalue weighted by Crippen LogP contribution is -2.11. The highest BCUT2D eigenvalue weighted by molar-refractivity contribution is 5.41. The first-order valence-electron chi connectivity index (χ1n) is 5.16. The highest BCUT2D eigenvalue weighted by Gasteiger charge is 2.05. The Morgan fingerprint density at radius 3 is 2.78 bits per heavy atom. The van der Waals surface area contributed by atoms with Gasteiger partial charge in [0.2, 0.25) is 11.8 Å². The summed E-state index contributed by atoms with van der Waals surface area (Å²) in [6.45, 7) is 0.0487. The molecule has 2 rings (SSSR count). The zero-order valence-corrected chi connectivity index (χ0v) is 9.43. The number of hydrazine groups is 1. The van der Waals surface area contributed by atoms with E-state index in [1.54, 1.807) is 18.2 Å². The molecule has 0 unspecified atom stereocenters. The fraction of sp³-hybridized carbons (Fsp3) is 0.0909. The molecule has 0 amide bonds. The van der Waals surface area contributed by atoms with Gasteiger partial charge in [-0.1, -0.05) is 18.2 Å². The third kappa shape index (κ3) is 2.83. The Balaban J connectivity index is 2.11. The average molecular weight is 249 g/mol. The van der Waals surface area contributed by atoms with E-state index in [0.29, 0.717) is 11.4 Å². The van der Waals surface area contributed by atoms with Crippen molar-refractivity contribution in [3.63, 3.8) is 0 Å². The SMILES string of the molecule is NNc1cc(OCc2ccccc2F)nc(N)n1. The zero-order chi connectivity index (χ0) is 13.0. The lowest BCUT2D eigenvalue weighted by atomic mass is 10.2. The number of rotatable bonds is 4. The summed E-state index contributed by atoms with van der Waals surface area (Å²) in [6, 6.07) is 7.79. The second kappa shape index (κ2) is 5.28. The number of nitrogens with one attached hydrogen (secondary N) is 1. The second-order valence-electron chi connectivity index (χ2n) is 3.47. The Kier molecular flexibility index (Phi) is 3.54. The van der Waals surface area contributed by atoms with Crippen LogP contribution in [0.5, 0.6) is 5.88 Å². The Labute approximate surface area is 103 Å². The number of hydrogen-bond donors (Lipinski definition) is 3. The van der Waals surface area contributed by atoms with Gasteiger partial charge >= 0.3 is 0 Å². The van der Waals surface area contributed by atoms with Crippen LogP contribution in [0.4, 0.5) is 16.2 Å². The van der Waals surface area contributed by atoms with Gasteiger partial charge in [0, 0.05) is 11.6 Å². The van der Waals surface area contributed by atoms with E-state index in [4.69, 9.17) is 16.3 Å². The van der Waals surface area contributed by atoms with Crippen LogP contribution in [-0.4, -0.2) is 9.97 Å². The van der Waals surface area contributed by atoms with Gasteiger partial charge in [0.05, 0.1) is 0 Å². The van der Waals surface area contributed by atoms with E-state index in [1.807, 2.05) is 0 Å². The number of hydrogen-bond acceptors (Lipinski definition) is 6. The predicted octanol–water partition coefficient (Wildman–Crippen LogP) is 1.06. The number of ether oxygens (including phenoxy) is 1. The van der Waals surface area contributed by atoms with Gasteiger partial charge in [-0.3, -0.25) is 0 Å². The number of benzene rings is 1. The molecule has 0 aliphatic rings. The van der Waals surface area contributed by atoms with Crippen LogP contribution in [0.2, 0.25) is 0 Å². The summed E-state index contributed by atoms with van der Waals surface area (Å²) in [6.07, 6.45) is 0. The lowest BCUT2D eigenvalue weighted by molar-refractivity contribution is 0.288. The highest BCUT2D eigenvalue weighted by atomic mass is 19.1. The third-order valence-corrected chi connectivity index (χ3v) is 2.20. The van der Waals surface area contributed by atoms with E-state index in [9.17, 15) is 4.39 Å². The molecule has 0 atom stereocenters. The number of nitrogens with two attached hydrogens (primary N) is 2. The van der Waals surface area contributed by atoms with Crippen molar-refractivity contribution in [2.24, 2.45) is 5.84 Å². The summed E-state index contributed by atoms with van der Waals surface area (Å²) >= 11 is 0. The molecule has 2 aromatic rings. The summed E-state index contributed by atoms with van der Waals surface area (Å²) in [4.78, 5) is 7.65. The summed E-state index contributed by atoms with van der Waals surface area (Å²) in [5.74, 6) is 5.44. The normalized spacial score (nSPS) is 10.1. The van der Waals surface area contributed by atoms with E-state index in [2.05, 4.69) is 15.4 Å². The van der Waals surface area contributed by atoms with Crippen molar-refractivity contribution in [3.05, 3.63) is 41.7 Å². The van der Waals surface area contributed by atoms with Crippen molar-refractivity contribution >= 4 is 11.8 Å². The van der Waals surface area contributed by atoms with Gasteiger partial charge in [-0.2, -0.15) is 9.97 Å². The zero-order valence-electron chi connectivity index (χ0n) is 9.43. The Morgan fingerprint density at radius 1 is 1.28 bits per heavy atom. The molecule has 7 heteroatoms. The molecule has 0 fully saturated rings. The number of anilines is 2. The third-order valence-electron chi connectivity index (χ3n) is 2.20. The molecule has 1 heterocycles. The predicted molar refractivity (Wildman–Crippen MR) is 65.0 cm³/mol. The standard InChI is InChI=1S/C11H12FN5O/c12-8-4-2-1-3-7(8)6-18-10-5-9(17-14)15-11(13)16-10/h1-5H,6,14H2,(H3,13,15,16,17). The Morgan fingerprint density at radius 2 is 2.06 bits per heavy atom. The summed E-state index contributed by atoms with van der Waals surface area (Å²) in [7, 11) is 0. The van der Waals surface area contributed by atoms with Crippen molar-refractivity contribution in [1.82, 2.24) is 9.97 Å². The summed E-state index contributed by atoms with van der Waals surface area (Å²) < 4.78 is 18.7. The minimum atomic E-state index is -0.336. The molecule has 0 aliphatic carbocycles. The van der Waals surface area contributed by atoms with E-state index in [-0.39, 0.29) is 24.3 Å². The second-order valence-corrected chi connectivity index (χ2v) is 3.47.